The standard InChI is InChI=1S/C16H23N3O/c1-2-19(7-8-20)11-16-17-14-9-12-5-3-4-6-13(12)10-15(14)18-16/h9-10,20H,2-8,11H2,1H3,(H,17,18). The lowest BCUT2D eigenvalue weighted by Crippen LogP contribution is -2.26. The van der Waals surface area contributed by atoms with Gasteiger partial charge in [-0.25, -0.2) is 4.98 Å². The Labute approximate surface area is 119 Å². The average molecular weight is 273 g/mol. The van der Waals surface area contributed by atoms with Crippen molar-refractivity contribution in [1.82, 2.24) is 14.9 Å². The number of aromatic amines is 1. The lowest BCUT2D eigenvalue weighted by molar-refractivity contribution is 0.194. The van der Waals surface area contributed by atoms with E-state index in [9.17, 15) is 0 Å². The van der Waals surface area contributed by atoms with Crippen LogP contribution in [0.3, 0.4) is 0 Å². The summed E-state index contributed by atoms with van der Waals surface area (Å²) in [4.78, 5) is 10.3. The van der Waals surface area contributed by atoms with E-state index in [1.807, 2.05) is 0 Å². The zero-order chi connectivity index (χ0) is 13.9. The van der Waals surface area contributed by atoms with Crippen molar-refractivity contribution in [1.29, 1.82) is 0 Å². The minimum Gasteiger partial charge on any atom is -0.395 e. The number of aliphatic hydroxyl groups excluding tert-OH is 1. The number of nitrogens with zero attached hydrogens (tertiary/aromatic N) is 2. The molecule has 0 bridgehead atoms. The van der Waals surface area contributed by atoms with Crippen LogP contribution in [0.2, 0.25) is 0 Å². The smallest absolute Gasteiger partial charge is 0.121 e. The van der Waals surface area contributed by atoms with E-state index in [1.165, 1.54) is 36.8 Å². The number of aliphatic hydroxyl groups is 1. The van der Waals surface area contributed by atoms with Gasteiger partial charge in [-0.1, -0.05) is 6.92 Å². The highest BCUT2D eigenvalue weighted by atomic mass is 16.3. The van der Waals surface area contributed by atoms with E-state index in [0.717, 1.165) is 29.9 Å². The number of H-pyrrole nitrogens is 1. The number of benzene rings is 1. The van der Waals surface area contributed by atoms with Crippen LogP contribution in [-0.4, -0.2) is 39.7 Å². The summed E-state index contributed by atoms with van der Waals surface area (Å²) in [6, 6.07) is 4.54. The number of rotatable bonds is 5. The van der Waals surface area contributed by atoms with E-state index in [-0.39, 0.29) is 6.61 Å². The number of imidazole rings is 1. The number of nitrogens with one attached hydrogen (secondary N) is 1. The van der Waals surface area contributed by atoms with E-state index in [4.69, 9.17) is 10.1 Å². The van der Waals surface area contributed by atoms with Crippen LogP contribution in [0.25, 0.3) is 11.0 Å². The normalized spacial score (nSPS) is 14.9. The van der Waals surface area contributed by atoms with Gasteiger partial charge >= 0.3 is 0 Å². The third-order valence-electron chi connectivity index (χ3n) is 4.23. The fourth-order valence-electron chi connectivity index (χ4n) is 3.07. The summed E-state index contributed by atoms with van der Waals surface area (Å²) in [6.45, 7) is 4.70. The molecule has 1 heterocycles. The second kappa shape index (κ2) is 5.94. The third kappa shape index (κ3) is 2.72. The first-order valence-electron chi connectivity index (χ1n) is 7.63. The molecule has 0 saturated carbocycles. The molecule has 2 aromatic rings. The molecule has 4 nitrogen and oxygen atoms in total. The Morgan fingerprint density at radius 2 is 2.00 bits per heavy atom. The third-order valence-corrected chi connectivity index (χ3v) is 4.23. The van der Waals surface area contributed by atoms with Crippen LogP contribution in [-0.2, 0) is 19.4 Å². The molecule has 0 saturated heterocycles. The first kappa shape index (κ1) is 13.6. The van der Waals surface area contributed by atoms with Gasteiger partial charge in [-0.15, -0.1) is 0 Å². The maximum atomic E-state index is 9.06. The zero-order valence-corrected chi connectivity index (χ0v) is 12.2. The fourth-order valence-corrected chi connectivity index (χ4v) is 3.07. The van der Waals surface area contributed by atoms with E-state index in [1.54, 1.807) is 0 Å². The molecule has 1 aromatic heterocycles. The molecule has 2 N–H and O–H groups in total. The molecule has 0 radical (unpaired) electrons. The lowest BCUT2D eigenvalue weighted by Gasteiger charge is -2.16. The van der Waals surface area contributed by atoms with Crippen molar-refractivity contribution < 1.29 is 5.11 Å². The number of likely N-dealkylation sites (N-methyl/N-ethyl adjacent to an activating group) is 1. The Bertz CT molecular complexity index is 548. The van der Waals surface area contributed by atoms with Gasteiger partial charge in [0.05, 0.1) is 24.2 Å². The highest BCUT2D eigenvalue weighted by molar-refractivity contribution is 5.77. The largest absolute Gasteiger partial charge is 0.395 e. The maximum absolute atomic E-state index is 9.06. The second-order valence-corrected chi connectivity index (χ2v) is 5.62. The van der Waals surface area contributed by atoms with E-state index >= 15 is 0 Å². The van der Waals surface area contributed by atoms with Crippen molar-refractivity contribution in [2.24, 2.45) is 0 Å². The van der Waals surface area contributed by atoms with Crippen LogP contribution < -0.4 is 0 Å². The minimum atomic E-state index is 0.197. The lowest BCUT2D eigenvalue weighted by atomic mass is 9.91. The van der Waals surface area contributed by atoms with Crippen molar-refractivity contribution in [3.63, 3.8) is 0 Å². The molecule has 0 spiro atoms. The molecule has 0 amide bonds. The molecule has 1 aliphatic rings. The topological polar surface area (TPSA) is 52.1 Å². The summed E-state index contributed by atoms with van der Waals surface area (Å²) < 4.78 is 0. The van der Waals surface area contributed by atoms with Crippen LogP contribution in [0.15, 0.2) is 12.1 Å². The van der Waals surface area contributed by atoms with Gasteiger partial charge in [0.15, 0.2) is 0 Å². The van der Waals surface area contributed by atoms with Crippen LogP contribution in [0.4, 0.5) is 0 Å². The number of fused-ring (bicyclic) bond motifs is 2. The van der Waals surface area contributed by atoms with Gasteiger partial charge < -0.3 is 10.1 Å². The van der Waals surface area contributed by atoms with E-state index in [0.29, 0.717) is 6.54 Å². The number of aryl methyl sites for hydroxylation is 2. The Hall–Kier alpha value is -1.39. The van der Waals surface area contributed by atoms with Crippen molar-refractivity contribution in [3.05, 3.63) is 29.1 Å². The molecule has 0 fully saturated rings. The molecule has 20 heavy (non-hydrogen) atoms. The highest BCUT2D eigenvalue weighted by Crippen LogP contribution is 2.25. The Morgan fingerprint density at radius 3 is 2.70 bits per heavy atom. The summed E-state index contributed by atoms with van der Waals surface area (Å²) in [5.74, 6) is 0.998. The van der Waals surface area contributed by atoms with E-state index < -0.39 is 0 Å². The van der Waals surface area contributed by atoms with Crippen molar-refractivity contribution in [2.75, 3.05) is 19.7 Å². The van der Waals surface area contributed by atoms with Crippen LogP contribution >= 0.6 is 0 Å². The Balaban J connectivity index is 1.86. The van der Waals surface area contributed by atoms with Gasteiger partial charge in [-0.3, -0.25) is 4.90 Å². The van der Waals surface area contributed by atoms with Crippen LogP contribution in [0.5, 0.6) is 0 Å². The number of hydrogen-bond acceptors (Lipinski definition) is 3. The molecule has 4 heteroatoms. The van der Waals surface area contributed by atoms with Crippen LogP contribution in [0, 0.1) is 0 Å². The first-order chi connectivity index (χ1) is 9.80. The molecule has 3 rings (SSSR count). The quantitative estimate of drug-likeness (QED) is 0.878. The van der Waals surface area contributed by atoms with Crippen molar-refractivity contribution >= 4 is 11.0 Å². The Morgan fingerprint density at radius 1 is 1.25 bits per heavy atom. The summed E-state index contributed by atoms with van der Waals surface area (Å²) >= 11 is 0. The summed E-state index contributed by atoms with van der Waals surface area (Å²) in [5, 5.41) is 9.06. The van der Waals surface area contributed by atoms with Gasteiger partial charge in [0, 0.05) is 6.54 Å². The molecule has 0 atom stereocenters. The number of aromatic nitrogens is 2. The SMILES string of the molecule is CCN(CCO)Cc1nc2cc3c(cc2[nH]1)CCCC3. The predicted octanol–water partition coefficient (Wildman–Crippen LogP) is 2.26. The molecular weight excluding hydrogens is 250 g/mol. The van der Waals surface area contributed by atoms with Crippen molar-refractivity contribution in [2.45, 2.75) is 39.2 Å². The molecule has 0 unspecified atom stereocenters. The fraction of sp³-hybridized carbons (Fsp3) is 0.562. The number of hydrogen-bond donors (Lipinski definition) is 2. The molecule has 1 aliphatic carbocycles. The summed E-state index contributed by atoms with van der Waals surface area (Å²) in [6.07, 6.45) is 5.00. The van der Waals surface area contributed by atoms with Gasteiger partial charge in [0.1, 0.15) is 5.82 Å². The minimum absolute atomic E-state index is 0.197. The molecule has 1 aromatic carbocycles. The summed E-state index contributed by atoms with van der Waals surface area (Å²) in [7, 11) is 0. The van der Waals surface area contributed by atoms with Crippen molar-refractivity contribution in [3.8, 4) is 0 Å². The summed E-state index contributed by atoms with van der Waals surface area (Å²) in [5.41, 5.74) is 5.20. The first-order valence-corrected chi connectivity index (χ1v) is 7.63. The Kier molecular flexibility index (Phi) is 4.03. The molecule has 108 valence electrons. The second-order valence-electron chi connectivity index (χ2n) is 5.62. The van der Waals surface area contributed by atoms with Gasteiger partial charge in [0.25, 0.3) is 0 Å². The van der Waals surface area contributed by atoms with Gasteiger partial charge in [-0.05, 0) is 55.5 Å². The average Bonchev–Trinajstić information content (AvgIpc) is 2.85. The van der Waals surface area contributed by atoms with Gasteiger partial charge in [0.2, 0.25) is 0 Å². The van der Waals surface area contributed by atoms with Gasteiger partial charge in [-0.2, -0.15) is 0 Å². The molecular formula is C16H23N3O. The van der Waals surface area contributed by atoms with Crippen LogP contribution in [0.1, 0.15) is 36.7 Å². The molecule has 0 aliphatic heterocycles. The predicted molar refractivity (Wildman–Crippen MR) is 80.8 cm³/mol. The zero-order valence-electron chi connectivity index (χ0n) is 12.2. The monoisotopic (exact) mass is 273 g/mol. The van der Waals surface area contributed by atoms with E-state index in [2.05, 4.69) is 28.9 Å². The highest BCUT2D eigenvalue weighted by Gasteiger charge is 2.13. The maximum Gasteiger partial charge on any atom is 0.121 e.